The Labute approximate surface area is 113 Å². The third-order valence-corrected chi connectivity index (χ3v) is 4.18. The van der Waals surface area contributed by atoms with Crippen LogP contribution in [0.25, 0.3) is 0 Å². The molecule has 1 unspecified atom stereocenters. The number of amides is 3. The summed E-state index contributed by atoms with van der Waals surface area (Å²) < 4.78 is 0. The van der Waals surface area contributed by atoms with Crippen molar-refractivity contribution in [2.75, 3.05) is 11.4 Å². The van der Waals surface area contributed by atoms with Crippen molar-refractivity contribution in [3.63, 3.8) is 0 Å². The van der Waals surface area contributed by atoms with Crippen LogP contribution < -0.4 is 4.90 Å². The maximum absolute atomic E-state index is 12.6. The lowest BCUT2D eigenvalue weighted by atomic mass is 9.77. The smallest absolute Gasteiger partial charge is 0.311 e. The zero-order valence-corrected chi connectivity index (χ0v) is 11.3. The first-order chi connectivity index (χ1) is 9.02. The fraction of sp³-hybridized carbons (Fsp3) is 0.467. The van der Waals surface area contributed by atoms with Gasteiger partial charge in [0, 0.05) is 6.54 Å². The summed E-state index contributed by atoms with van der Waals surface area (Å²) in [6, 6.07) is 8.70. The highest BCUT2D eigenvalue weighted by Crippen LogP contribution is 2.41. The van der Waals surface area contributed by atoms with Gasteiger partial charge in [0.2, 0.25) is 0 Å². The van der Waals surface area contributed by atoms with Gasteiger partial charge in [-0.25, -0.2) is 9.69 Å². The Bertz CT molecular complexity index is 524. The monoisotopic (exact) mass is 258 g/mol. The molecule has 3 amide bonds. The molecule has 0 saturated carbocycles. The minimum atomic E-state index is -0.311. The van der Waals surface area contributed by atoms with Crippen molar-refractivity contribution in [3.8, 4) is 0 Å². The number of carbonyl (C=O) groups excluding carboxylic acids is 2. The van der Waals surface area contributed by atoms with Gasteiger partial charge in [-0.2, -0.15) is 0 Å². The lowest BCUT2D eigenvalue weighted by Gasteiger charge is -2.39. The van der Waals surface area contributed by atoms with E-state index in [4.69, 9.17) is 0 Å². The molecule has 2 heterocycles. The molecule has 0 spiro atoms. The zero-order chi connectivity index (χ0) is 13.6. The van der Waals surface area contributed by atoms with Gasteiger partial charge in [-0.05, 0) is 30.4 Å². The Morgan fingerprint density at radius 2 is 1.84 bits per heavy atom. The predicted molar refractivity (Wildman–Crippen MR) is 72.8 cm³/mol. The van der Waals surface area contributed by atoms with E-state index in [1.165, 1.54) is 4.90 Å². The fourth-order valence-electron chi connectivity index (χ4n) is 3.23. The van der Waals surface area contributed by atoms with Crippen molar-refractivity contribution < 1.29 is 9.59 Å². The number of nitrogens with zero attached hydrogens (tertiary/aromatic N) is 2. The molecule has 4 heteroatoms. The van der Waals surface area contributed by atoms with Gasteiger partial charge in [0.05, 0.1) is 5.69 Å². The van der Waals surface area contributed by atoms with E-state index < -0.39 is 0 Å². The molecule has 4 nitrogen and oxygen atoms in total. The first-order valence-corrected chi connectivity index (χ1v) is 6.72. The van der Waals surface area contributed by atoms with Gasteiger partial charge in [-0.3, -0.25) is 4.79 Å². The van der Waals surface area contributed by atoms with Crippen molar-refractivity contribution in [2.45, 2.75) is 32.7 Å². The Balaban J connectivity index is 2.02. The number of imide groups is 1. The van der Waals surface area contributed by atoms with E-state index in [2.05, 4.69) is 13.8 Å². The molecule has 1 aromatic carbocycles. The molecule has 2 fully saturated rings. The molecule has 19 heavy (non-hydrogen) atoms. The van der Waals surface area contributed by atoms with E-state index in [0.717, 1.165) is 12.8 Å². The van der Waals surface area contributed by atoms with Gasteiger partial charge in [0.1, 0.15) is 6.04 Å². The summed E-state index contributed by atoms with van der Waals surface area (Å²) >= 11 is 0. The number of rotatable bonds is 1. The second kappa shape index (κ2) is 4.08. The van der Waals surface area contributed by atoms with Crippen molar-refractivity contribution >= 4 is 17.6 Å². The van der Waals surface area contributed by atoms with Gasteiger partial charge >= 0.3 is 6.03 Å². The summed E-state index contributed by atoms with van der Waals surface area (Å²) in [4.78, 5) is 28.2. The molecule has 2 saturated heterocycles. The number of piperidine rings is 1. The zero-order valence-electron chi connectivity index (χ0n) is 11.3. The molecule has 0 bridgehead atoms. The van der Waals surface area contributed by atoms with Crippen LogP contribution in [0.15, 0.2) is 30.3 Å². The van der Waals surface area contributed by atoms with Crippen LogP contribution in [0, 0.1) is 5.41 Å². The number of para-hydroxylation sites is 1. The first-order valence-electron chi connectivity index (χ1n) is 6.72. The first kappa shape index (κ1) is 12.2. The average Bonchev–Trinajstić information content (AvgIpc) is 2.63. The number of benzene rings is 1. The largest absolute Gasteiger partial charge is 0.332 e. The second-order valence-corrected chi connectivity index (χ2v) is 5.98. The molecule has 0 aliphatic carbocycles. The standard InChI is InChI=1S/C15H18N2O2/c1-15(2)9-6-10-16-12(15)13(18)17(14(16)19)11-7-4-3-5-8-11/h3-5,7-8,12H,6,9-10H2,1-2H3. The number of carbonyl (C=O) groups is 2. The number of anilines is 1. The number of urea groups is 1. The van der Waals surface area contributed by atoms with E-state index in [1.807, 2.05) is 18.2 Å². The van der Waals surface area contributed by atoms with Crippen LogP contribution in [-0.4, -0.2) is 29.4 Å². The number of fused-ring (bicyclic) bond motifs is 1. The Morgan fingerprint density at radius 3 is 2.47 bits per heavy atom. The molecular formula is C15H18N2O2. The Hall–Kier alpha value is -1.84. The number of hydrogen-bond donors (Lipinski definition) is 0. The normalized spacial score (nSPS) is 25.7. The summed E-state index contributed by atoms with van der Waals surface area (Å²) in [6.45, 7) is 4.83. The maximum Gasteiger partial charge on any atom is 0.332 e. The second-order valence-electron chi connectivity index (χ2n) is 5.98. The Morgan fingerprint density at radius 1 is 1.16 bits per heavy atom. The lowest BCUT2D eigenvalue weighted by Crippen LogP contribution is -2.49. The van der Waals surface area contributed by atoms with Crippen LogP contribution in [0.5, 0.6) is 0 Å². The van der Waals surface area contributed by atoms with Crippen LogP contribution in [0.3, 0.4) is 0 Å². The molecule has 1 atom stereocenters. The lowest BCUT2D eigenvalue weighted by molar-refractivity contribution is -0.124. The summed E-state index contributed by atoms with van der Waals surface area (Å²) in [7, 11) is 0. The quantitative estimate of drug-likeness (QED) is 0.727. The van der Waals surface area contributed by atoms with E-state index in [-0.39, 0.29) is 23.4 Å². The van der Waals surface area contributed by atoms with Crippen molar-refractivity contribution in [1.82, 2.24) is 4.90 Å². The molecule has 100 valence electrons. The van der Waals surface area contributed by atoms with Crippen molar-refractivity contribution in [1.29, 1.82) is 0 Å². The predicted octanol–water partition coefficient (Wildman–Crippen LogP) is 2.64. The van der Waals surface area contributed by atoms with Crippen molar-refractivity contribution in [2.24, 2.45) is 5.41 Å². The SMILES string of the molecule is CC1(C)CCCN2C(=O)N(c3ccccc3)C(=O)C21. The highest BCUT2D eigenvalue weighted by Gasteiger charge is 2.53. The highest BCUT2D eigenvalue weighted by molar-refractivity contribution is 6.21. The average molecular weight is 258 g/mol. The molecule has 2 aliphatic heterocycles. The van der Waals surface area contributed by atoms with E-state index >= 15 is 0 Å². The molecule has 2 aliphatic rings. The van der Waals surface area contributed by atoms with Crippen LogP contribution in [0.1, 0.15) is 26.7 Å². The molecular weight excluding hydrogens is 240 g/mol. The molecule has 0 radical (unpaired) electrons. The Kier molecular flexibility index (Phi) is 2.62. The molecule has 1 aromatic rings. The minimum Gasteiger partial charge on any atom is -0.311 e. The summed E-state index contributed by atoms with van der Waals surface area (Å²) in [5, 5.41) is 0. The summed E-state index contributed by atoms with van der Waals surface area (Å²) in [5.74, 6) is -0.0825. The third kappa shape index (κ3) is 1.74. The van der Waals surface area contributed by atoms with Gasteiger partial charge in [0.15, 0.2) is 0 Å². The van der Waals surface area contributed by atoms with Crippen LogP contribution in [0.4, 0.5) is 10.5 Å². The van der Waals surface area contributed by atoms with Crippen molar-refractivity contribution in [3.05, 3.63) is 30.3 Å². The topological polar surface area (TPSA) is 40.6 Å². The van der Waals surface area contributed by atoms with Gasteiger partial charge in [-0.15, -0.1) is 0 Å². The molecule has 0 aromatic heterocycles. The van der Waals surface area contributed by atoms with E-state index in [0.29, 0.717) is 12.2 Å². The van der Waals surface area contributed by atoms with Gasteiger partial charge in [-0.1, -0.05) is 32.0 Å². The summed E-state index contributed by atoms with van der Waals surface area (Å²) in [6.07, 6.45) is 1.95. The van der Waals surface area contributed by atoms with Crippen LogP contribution in [-0.2, 0) is 4.79 Å². The van der Waals surface area contributed by atoms with E-state index in [9.17, 15) is 9.59 Å². The third-order valence-electron chi connectivity index (χ3n) is 4.18. The van der Waals surface area contributed by atoms with E-state index in [1.54, 1.807) is 17.0 Å². The summed E-state index contributed by atoms with van der Waals surface area (Å²) in [5.41, 5.74) is 0.525. The van der Waals surface area contributed by atoms with Gasteiger partial charge < -0.3 is 4.90 Å². The fourth-order valence-corrected chi connectivity index (χ4v) is 3.23. The minimum absolute atomic E-state index is 0.0825. The van der Waals surface area contributed by atoms with Crippen LogP contribution in [0.2, 0.25) is 0 Å². The molecule has 3 rings (SSSR count). The van der Waals surface area contributed by atoms with Gasteiger partial charge in [0.25, 0.3) is 5.91 Å². The maximum atomic E-state index is 12.6. The highest BCUT2D eigenvalue weighted by atomic mass is 16.2. The van der Waals surface area contributed by atoms with Crippen LogP contribution >= 0.6 is 0 Å². The number of hydrogen-bond acceptors (Lipinski definition) is 2. The molecule has 0 N–H and O–H groups in total.